The third-order valence-corrected chi connectivity index (χ3v) is 4.87. The van der Waals surface area contributed by atoms with Gasteiger partial charge in [-0.1, -0.05) is 12.2 Å². The summed E-state index contributed by atoms with van der Waals surface area (Å²) in [5.74, 6) is -1.12. The standard InChI is InChI=1S/C17H22O5/c1-9-5-6-14-17(4,22-14)8-13-15(10(2)16(19)21-13)12(7-9)20-11(3)18/h7,12-15H,2,5-6,8H2,1,3-4H3/b9-7+/t12-,13+,14+,15+,17+/m1/s1. The molecule has 0 amide bonds. The highest BCUT2D eigenvalue weighted by atomic mass is 16.6. The summed E-state index contributed by atoms with van der Waals surface area (Å²) in [7, 11) is 0. The highest BCUT2D eigenvalue weighted by molar-refractivity contribution is 5.91. The normalized spacial score (nSPS) is 43.3. The summed E-state index contributed by atoms with van der Waals surface area (Å²) in [6, 6.07) is 0. The number of ether oxygens (including phenoxy) is 3. The Kier molecular flexibility index (Phi) is 3.63. The zero-order chi connectivity index (χ0) is 16.1. The molecule has 0 saturated carbocycles. The molecule has 0 aromatic heterocycles. The van der Waals surface area contributed by atoms with Crippen molar-refractivity contribution >= 4 is 11.9 Å². The molecule has 0 radical (unpaired) electrons. The van der Waals surface area contributed by atoms with Crippen molar-refractivity contribution in [3.63, 3.8) is 0 Å². The van der Waals surface area contributed by atoms with Crippen LogP contribution < -0.4 is 0 Å². The summed E-state index contributed by atoms with van der Waals surface area (Å²) in [4.78, 5) is 23.4. The number of allylic oxidation sites excluding steroid dienone is 1. The average Bonchev–Trinajstić information content (AvgIpc) is 2.96. The molecule has 2 heterocycles. The third kappa shape index (κ3) is 2.70. The fraction of sp³-hybridized carbons (Fsp3) is 0.647. The lowest BCUT2D eigenvalue weighted by Crippen LogP contribution is -2.35. The van der Waals surface area contributed by atoms with E-state index in [4.69, 9.17) is 14.2 Å². The van der Waals surface area contributed by atoms with Gasteiger partial charge in [-0.05, 0) is 32.8 Å². The predicted molar refractivity (Wildman–Crippen MR) is 79.0 cm³/mol. The average molecular weight is 306 g/mol. The van der Waals surface area contributed by atoms with E-state index in [0.717, 1.165) is 18.4 Å². The van der Waals surface area contributed by atoms with Crippen LogP contribution in [0.3, 0.4) is 0 Å². The summed E-state index contributed by atoms with van der Waals surface area (Å²) in [6.45, 7) is 9.28. The molecule has 120 valence electrons. The molecule has 0 spiro atoms. The van der Waals surface area contributed by atoms with Crippen molar-refractivity contribution in [3.8, 4) is 0 Å². The minimum absolute atomic E-state index is 0.203. The minimum Gasteiger partial charge on any atom is -0.458 e. The first kappa shape index (κ1) is 15.3. The van der Waals surface area contributed by atoms with Gasteiger partial charge in [0.1, 0.15) is 12.2 Å². The van der Waals surface area contributed by atoms with E-state index in [0.29, 0.717) is 12.0 Å². The van der Waals surface area contributed by atoms with E-state index in [1.54, 1.807) is 0 Å². The molecule has 3 aliphatic rings. The van der Waals surface area contributed by atoms with Gasteiger partial charge in [-0.3, -0.25) is 4.79 Å². The largest absolute Gasteiger partial charge is 0.458 e. The Bertz CT molecular complexity index is 563. The van der Waals surface area contributed by atoms with Crippen LogP contribution in [0.2, 0.25) is 0 Å². The maximum Gasteiger partial charge on any atom is 0.334 e. The summed E-state index contributed by atoms with van der Waals surface area (Å²) < 4.78 is 16.8. The fourth-order valence-electron chi connectivity index (χ4n) is 3.58. The van der Waals surface area contributed by atoms with Crippen molar-refractivity contribution in [2.45, 2.75) is 63.9 Å². The van der Waals surface area contributed by atoms with Gasteiger partial charge >= 0.3 is 11.9 Å². The second kappa shape index (κ2) is 5.23. The molecule has 22 heavy (non-hydrogen) atoms. The molecule has 5 heteroatoms. The van der Waals surface area contributed by atoms with E-state index in [-0.39, 0.29) is 29.7 Å². The Hall–Kier alpha value is -1.62. The lowest BCUT2D eigenvalue weighted by atomic mass is 9.83. The lowest BCUT2D eigenvalue weighted by Gasteiger charge is -2.27. The van der Waals surface area contributed by atoms with E-state index in [2.05, 4.69) is 6.58 Å². The van der Waals surface area contributed by atoms with Gasteiger partial charge in [0.05, 0.1) is 17.6 Å². The number of hydrogen-bond acceptors (Lipinski definition) is 5. The first-order valence-corrected chi connectivity index (χ1v) is 7.72. The Balaban J connectivity index is 1.95. The summed E-state index contributed by atoms with van der Waals surface area (Å²) >= 11 is 0. The van der Waals surface area contributed by atoms with Crippen LogP contribution in [0.5, 0.6) is 0 Å². The van der Waals surface area contributed by atoms with Gasteiger partial charge in [0.2, 0.25) is 0 Å². The number of hydrogen-bond donors (Lipinski definition) is 0. The van der Waals surface area contributed by atoms with Gasteiger partial charge in [-0.2, -0.15) is 0 Å². The Labute approximate surface area is 130 Å². The molecular formula is C17H22O5. The Morgan fingerprint density at radius 3 is 2.91 bits per heavy atom. The third-order valence-electron chi connectivity index (χ3n) is 4.87. The molecule has 5 nitrogen and oxygen atoms in total. The second-order valence-corrected chi connectivity index (χ2v) is 6.74. The molecule has 0 N–H and O–H groups in total. The van der Waals surface area contributed by atoms with Crippen LogP contribution in [0.4, 0.5) is 0 Å². The quantitative estimate of drug-likeness (QED) is 0.322. The first-order valence-electron chi connectivity index (χ1n) is 7.72. The molecule has 2 aliphatic heterocycles. The molecule has 2 fully saturated rings. The van der Waals surface area contributed by atoms with E-state index in [1.165, 1.54) is 6.92 Å². The van der Waals surface area contributed by atoms with Crippen molar-refractivity contribution in [1.82, 2.24) is 0 Å². The molecule has 5 atom stereocenters. The molecule has 3 rings (SSSR count). The zero-order valence-corrected chi connectivity index (χ0v) is 13.3. The van der Waals surface area contributed by atoms with Gasteiger partial charge in [-0.25, -0.2) is 4.79 Å². The number of fused-ring (bicyclic) bond motifs is 2. The van der Waals surface area contributed by atoms with Crippen LogP contribution in [0.1, 0.15) is 40.0 Å². The van der Waals surface area contributed by atoms with Crippen LogP contribution in [-0.2, 0) is 23.8 Å². The lowest BCUT2D eigenvalue weighted by molar-refractivity contribution is -0.147. The van der Waals surface area contributed by atoms with Crippen LogP contribution in [0.15, 0.2) is 23.8 Å². The molecule has 2 saturated heterocycles. The molecule has 0 unspecified atom stereocenters. The maximum atomic E-state index is 12.0. The minimum atomic E-state index is -0.514. The van der Waals surface area contributed by atoms with Crippen molar-refractivity contribution in [1.29, 1.82) is 0 Å². The SMILES string of the molecule is C=C1C(=O)O[C@H]2C[C@]3(C)O[C@H]3CC/C(C)=C/[C@@H](OC(C)=O)[C@H]12. The van der Waals surface area contributed by atoms with Gasteiger partial charge in [0.15, 0.2) is 0 Å². The summed E-state index contributed by atoms with van der Waals surface area (Å²) in [5, 5.41) is 0. The number of epoxide rings is 1. The van der Waals surface area contributed by atoms with Crippen LogP contribution in [-0.4, -0.2) is 35.9 Å². The van der Waals surface area contributed by atoms with E-state index in [1.807, 2.05) is 19.9 Å². The predicted octanol–water partition coefficient (Wildman–Crippen LogP) is 2.30. The molecule has 0 aromatic rings. The fourth-order valence-corrected chi connectivity index (χ4v) is 3.58. The maximum absolute atomic E-state index is 12.0. The van der Waals surface area contributed by atoms with Gasteiger partial charge < -0.3 is 14.2 Å². The molecule has 0 aromatic carbocycles. The molecule has 1 aliphatic carbocycles. The zero-order valence-electron chi connectivity index (χ0n) is 13.3. The van der Waals surface area contributed by atoms with Crippen LogP contribution >= 0.6 is 0 Å². The van der Waals surface area contributed by atoms with Crippen molar-refractivity contribution in [3.05, 3.63) is 23.8 Å². The van der Waals surface area contributed by atoms with Crippen LogP contribution in [0, 0.1) is 5.92 Å². The van der Waals surface area contributed by atoms with E-state index >= 15 is 0 Å². The molecule has 0 bridgehead atoms. The summed E-state index contributed by atoms with van der Waals surface area (Å²) in [5.41, 5.74) is 1.24. The Morgan fingerprint density at radius 2 is 2.23 bits per heavy atom. The van der Waals surface area contributed by atoms with Crippen molar-refractivity contribution in [2.75, 3.05) is 0 Å². The van der Waals surface area contributed by atoms with E-state index in [9.17, 15) is 9.59 Å². The summed E-state index contributed by atoms with van der Waals surface area (Å²) in [6.07, 6.45) is 3.68. The monoisotopic (exact) mass is 306 g/mol. The van der Waals surface area contributed by atoms with Gasteiger partial charge in [0, 0.05) is 18.9 Å². The topological polar surface area (TPSA) is 65.1 Å². The smallest absolute Gasteiger partial charge is 0.334 e. The van der Waals surface area contributed by atoms with Crippen molar-refractivity contribution < 1.29 is 23.8 Å². The van der Waals surface area contributed by atoms with E-state index < -0.39 is 12.1 Å². The van der Waals surface area contributed by atoms with Crippen molar-refractivity contribution in [2.24, 2.45) is 5.92 Å². The number of carbonyl (C=O) groups is 2. The number of rotatable bonds is 1. The highest BCUT2D eigenvalue weighted by Crippen LogP contribution is 2.48. The Morgan fingerprint density at radius 1 is 1.50 bits per heavy atom. The number of carbonyl (C=O) groups excluding carboxylic acids is 2. The number of esters is 2. The second-order valence-electron chi connectivity index (χ2n) is 6.74. The van der Waals surface area contributed by atoms with Gasteiger partial charge in [-0.15, -0.1) is 0 Å². The highest BCUT2D eigenvalue weighted by Gasteiger charge is 2.57. The first-order chi connectivity index (χ1) is 10.3. The molecular weight excluding hydrogens is 284 g/mol. The van der Waals surface area contributed by atoms with Gasteiger partial charge in [0.25, 0.3) is 0 Å². The van der Waals surface area contributed by atoms with Crippen LogP contribution in [0.25, 0.3) is 0 Å².